The molecule has 0 atom stereocenters. The van der Waals surface area contributed by atoms with E-state index in [0.29, 0.717) is 0 Å². The predicted molar refractivity (Wildman–Crippen MR) is 50.4 cm³/mol. The maximum atomic E-state index is 5.93. The summed E-state index contributed by atoms with van der Waals surface area (Å²) in [5.74, 6) is 0. The highest BCUT2D eigenvalue weighted by Gasteiger charge is 2.05. The number of hydrogen-bond donors (Lipinski definition) is 0. The second-order valence-electron chi connectivity index (χ2n) is 2.69. The van der Waals surface area contributed by atoms with Crippen molar-refractivity contribution in [2.45, 2.75) is 13.3 Å². The Morgan fingerprint density at radius 3 is 3.17 bits per heavy atom. The monoisotopic (exact) mass is 180 g/mol. The first-order valence-electron chi connectivity index (χ1n) is 3.94. The standard InChI is InChI=1S/C9H9ClN2/c1-2-7-6-12(10)8-4-3-5-11-9(7)8/h3-6H,2H2,1H3. The fourth-order valence-corrected chi connectivity index (χ4v) is 1.60. The number of fused-ring (bicyclic) bond motifs is 1. The van der Waals surface area contributed by atoms with Crippen LogP contribution in [0, 0.1) is 0 Å². The van der Waals surface area contributed by atoms with Gasteiger partial charge >= 0.3 is 0 Å². The van der Waals surface area contributed by atoms with E-state index in [1.54, 1.807) is 10.3 Å². The first-order chi connectivity index (χ1) is 5.83. The Hall–Kier alpha value is -1.02. The first kappa shape index (κ1) is 7.62. The van der Waals surface area contributed by atoms with Crippen LogP contribution in [0.1, 0.15) is 12.5 Å². The molecule has 3 heteroatoms. The molecule has 0 bridgehead atoms. The normalized spacial score (nSPS) is 10.8. The molecule has 0 aliphatic heterocycles. The Bertz CT molecular complexity index is 406. The van der Waals surface area contributed by atoms with Crippen LogP contribution in [0.25, 0.3) is 11.0 Å². The van der Waals surface area contributed by atoms with E-state index in [9.17, 15) is 0 Å². The topological polar surface area (TPSA) is 17.8 Å². The third kappa shape index (κ3) is 0.994. The molecular formula is C9H9ClN2. The second-order valence-corrected chi connectivity index (χ2v) is 3.05. The van der Waals surface area contributed by atoms with Crippen LogP contribution >= 0.6 is 11.8 Å². The Morgan fingerprint density at radius 2 is 2.42 bits per heavy atom. The van der Waals surface area contributed by atoms with Crippen molar-refractivity contribution < 1.29 is 0 Å². The molecule has 2 aromatic rings. The van der Waals surface area contributed by atoms with Gasteiger partial charge in [-0.15, -0.1) is 0 Å². The third-order valence-corrected chi connectivity index (χ3v) is 2.25. The smallest absolute Gasteiger partial charge is 0.0926 e. The number of nitrogens with zero attached hydrogens (tertiary/aromatic N) is 2. The highest BCUT2D eigenvalue weighted by atomic mass is 35.5. The van der Waals surface area contributed by atoms with Gasteiger partial charge in [0.15, 0.2) is 0 Å². The minimum absolute atomic E-state index is 0.966. The molecule has 2 heterocycles. The lowest BCUT2D eigenvalue weighted by atomic mass is 10.2. The van der Waals surface area contributed by atoms with Gasteiger partial charge in [0.05, 0.1) is 11.0 Å². The lowest BCUT2D eigenvalue weighted by Crippen LogP contribution is -1.78. The van der Waals surface area contributed by atoms with E-state index < -0.39 is 0 Å². The Balaban J connectivity index is 2.82. The largest absolute Gasteiger partial charge is 0.258 e. The fraction of sp³-hybridized carbons (Fsp3) is 0.222. The highest BCUT2D eigenvalue weighted by molar-refractivity contribution is 6.19. The van der Waals surface area contributed by atoms with Gasteiger partial charge in [0.2, 0.25) is 0 Å². The minimum Gasteiger partial charge on any atom is -0.258 e. The van der Waals surface area contributed by atoms with E-state index in [-0.39, 0.29) is 0 Å². The zero-order valence-electron chi connectivity index (χ0n) is 6.79. The molecule has 62 valence electrons. The lowest BCUT2D eigenvalue weighted by Gasteiger charge is -1.90. The molecule has 0 amide bonds. The van der Waals surface area contributed by atoms with E-state index in [1.807, 2.05) is 18.3 Å². The molecule has 0 aromatic carbocycles. The zero-order chi connectivity index (χ0) is 8.55. The van der Waals surface area contributed by atoms with E-state index in [4.69, 9.17) is 11.8 Å². The number of aromatic nitrogens is 2. The summed E-state index contributed by atoms with van der Waals surface area (Å²) >= 11 is 5.93. The Morgan fingerprint density at radius 1 is 1.58 bits per heavy atom. The van der Waals surface area contributed by atoms with Crippen molar-refractivity contribution in [2.75, 3.05) is 0 Å². The maximum absolute atomic E-state index is 5.93. The van der Waals surface area contributed by atoms with Gasteiger partial charge < -0.3 is 0 Å². The van der Waals surface area contributed by atoms with Crippen LogP contribution in [0.5, 0.6) is 0 Å². The number of hydrogen-bond acceptors (Lipinski definition) is 1. The number of pyridine rings is 1. The van der Waals surface area contributed by atoms with E-state index >= 15 is 0 Å². The summed E-state index contributed by atoms with van der Waals surface area (Å²) in [5.41, 5.74) is 3.19. The molecule has 0 fully saturated rings. The van der Waals surface area contributed by atoms with Crippen molar-refractivity contribution in [3.05, 3.63) is 30.1 Å². The van der Waals surface area contributed by atoms with E-state index in [0.717, 1.165) is 17.5 Å². The van der Waals surface area contributed by atoms with Crippen LogP contribution in [0.4, 0.5) is 0 Å². The van der Waals surface area contributed by atoms with E-state index in [1.165, 1.54) is 5.56 Å². The van der Waals surface area contributed by atoms with Crippen LogP contribution in [0.2, 0.25) is 0 Å². The predicted octanol–water partition coefficient (Wildman–Crippen LogP) is 2.60. The molecule has 2 nitrogen and oxygen atoms in total. The molecule has 0 aliphatic rings. The van der Waals surface area contributed by atoms with Crippen LogP contribution < -0.4 is 0 Å². The summed E-state index contributed by atoms with van der Waals surface area (Å²) in [5, 5.41) is 0. The van der Waals surface area contributed by atoms with Crippen LogP contribution in [-0.2, 0) is 6.42 Å². The molecule has 0 spiro atoms. The molecule has 2 rings (SSSR count). The fourth-order valence-electron chi connectivity index (χ4n) is 1.34. The first-order valence-corrected chi connectivity index (χ1v) is 4.28. The maximum Gasteiger partial charge on any atom is 0.0926 e. The van der Waals surface area contributed by atoms with Crippen LogP contribution in [-0.4, -0.2) is 9.07 Å². The molecule has 0 unspecified atom stereocenters. The van der Waals surface area contributed by atoms with Gasteiger partial charge in [-0.05, 0) is 24.1 Å². The average molecular weight is 181 g/mol. The van der Waals surface area contributed by atoms with Crippen molar-refractivity contribution in [1.82, 2.24) is 9.07 Å². The molecular weight excluding hydrogens is 172 g/mol. The molecule has 0 radical (unpaired) electrons. The molecule has 0 saturated carbocycles. The Labute approximate surface area is 75.9 Å². The third-order valence-electron chi connectivity index (χ3n) is 1.97. The number of aryl methyl sites for hydroxylation is 1. The summed E-state index contributed by atoms with van der Waals surface area (Å²) in [6.07, 6.45) is 4.67. The molecule has 12 heavy (non-hydrogen) atoms. The Kier molecular flexibility index (Phi) is 1.77. The van der Waals surface area contributed by atoms with Crippen LogP contribution in [0.3, 0.4) is 0 Å². The van der Waals surface area contributed by atoms with Crippen molar-refractivity contribution in [1.29, 1.82) is 0 Å². The molecule has 0 N–H and O–H groups in total. The minimum atomic E-state index is 0.966. The van der Waals surface area contributed by atoms with Gasteiger partial charge in [0.1, 0.15) is 0 Å². The van der Waals surface area contributed by atoms with Crippen LogP contribution in [0.15, 0.2) is 24.5 Å². The van der Waals surface area contributed by atoms with Crippen molar-refractivity contribution in [2.24, 2.45) is 0 Å². The zero-order valence-corrected chi connectivity index (χ0v) is 7.54. The van der Waals surface area contributed by atoms with Gasteiger partial charge in [-0.1, -0.05) is 6.92 Å². The van der Waals surface area contributed by atoms with E-state index in [2.05, 4.69) is 11.9 Å². The number of halogens is 1. The summed E-state index contributed by atoms with van der Waals surface area (Å²) in [7, 11) is 0. The number of rotatable bonds is 1. The summed E-state index contributed by atoms with van der Waals surface area (Å²) in [6, 6.07) is 3.86. The lowest BCUT2D eigenvalue weighted by molar-refractivity contribution is 1.14. The van der Waals surface area contributed by atoms with Gasteiger partial charge in [-0.3, -0.25) is 9.07 Å². The van der Waals surface area contributed by atoms with Gasteiger partial charge in [0.25, 0.3) is 0 Å². The van der Waals surface area contributed by atoms with Crippen molar-refractivity contribution >= 4 is 22.8 Å². The van der Waals surface area contributed by atoms with Crippen molar-refractivity contribution in [3.63, 3.8) is 0 Å². The second kappa shape index (κ2) is 2.79. The molecule has 0 saturated heterocycles. The SMILES string of the molecule is CCc1cn(Cl)c2cccnc12. The average Bonchev–Trinajstić information content (AvgIpc) is 2.44. The molecule has 0 aliphatic carbocycles. The highest BCUT2D eigenvalue weighted by Crippen LogP contribution is 2.19. The molecule has 2 aromatic heterocycles. The van der Waals surface area contributed by atoms with Crippen molar-refractivity contribution in [3.8, 4) is 0 Å². The van der Waals surface area contributed by atoms with Gasteiger partial charge in [-0.2, -0.15) is 0 Å². The quantitative estimate of drug-likeness (QED) is 0.660. The summed E-state index contributed by atoms with van der Waals surface area (Å²) in [6.45, 7) is 2.10. The summed E-state index contributed by atoms with van der Waals surface area (Å²) in [4.78, 5) is 4.27. The van der Waals surface area contributed by atoms with Gasteiger partial charge in [0, 0.05) is 24.2 Å². The summed E-state index contributed by atoms with van der Waals surface area (Å²) < 4.78 is 1.60. The van der Waals surface area contributed by atoms with Gasteiger partial charge in [-0.25, -0.2) is 0 Å².